The lowest BCUT2D eigenvalue weighted by atomic mass is 10.2. The Bertz CT molecular complexity index is 106. The molecular formula is C8H15ClOS. The van der Waals surface area contributed by atoms with Crippen LogP contribution in [-0.4, -0.2) is 16.7 Å². The smallest absolute Gasteiger partial charge is 0.231 e. The SMILES string of the molecule is CCCCCCSCC(=O)Cl. The molecule has 0 fully saturated rings. The van der Waals surface area contributed by atoms with Gasteiger partial charge in [-0.25, -0.2) is 0 Å². The molecule has 0 radical (unpaired) electrons. The van der Waals surface area contributed by atoms with Crippen molar-refractivity contribution in [3.63, 3.8) is 0 Å². The summed E-state index contributed by atoms with van der Waals surface area (Å²) in [6.45, 7) is 2.19. The van der Waals surface area contributed by atoms with Gasteiger partial charge >= 0.3 is 0 Å². The Labute approximate surface area is 77.9 Å². The molecule has 0 atom stereocenters. The number of hydrogen-bond acceptors (Lipinski definition) is 2. The Morgan fingerprint density at radius 3 is 2.64 bits per heavy atom. The third-order valence-corrected chi connectivity index (χ3v) is 2.69. The first-order valence-corrected chi connectivity index (χ1v) is 5.56. The zero-order valence-corrected chi connectivity index (χ0v) is 8.51. The van der Waals surface area contributed by atoms with Gasteiger partial charge in [-0.05, 0) is 23.8 Å². The topological polar surface area (TPSA) is 17.1 Å². The fraction of sp³-hybridized carbons (Fsp3) is 0.875. The van der Waals surface area contributed by atoms with Crippen LogP contribution in [0.25, 0.3) is 0 Å². The summed E-state index contributed by atoms with van der Waals surface area (Å²) in [5, 5.41) is -0.231. The van der Waals surface area contributed by atoms with Gasteiger partial charge in [0.25, 0.3) is 0 Å². The van der Waals surface area contributed by atoms with E-state index in [1.165, 1.54) is 25.7 Å². The number of hydrogen-bond donors (Lipinski definition) is 0. The molecule has 1 nitrogen and oxygen atoms in total. The van der Waals surface area contributed by atoms with Crippen molar-refractivity contribution < 1.29 is 4.79 Å². The molecule has 0 heterocycles. The lowest BCUT2D eigenvalue weighted by Crippen LogP contribution is -1.91. The van der Waals surface area contributed by atoms with Crippen LogP contribution in [0.3, 0.4) is 0 Å². The van der Waals surface area contributed by atoms with Crippen molar-refractivity contribution in [3.8, 4) is 0 Å². The minimum atomic E-state index is -0.231. The predicted molar refractivity (Wildman–Crippen MR) is 52.3 cm³/mol. The molecule has 0 N–H and O–H groups in total. The summed E-state index contributed by atoms with van der Waals surface area (Å²) in [5.74, 6) is 1.53. The molecule has 0 amide bonds. The highest BCUT2D eigenvalue weighted by Gasteiger charge is 1.95. The average molecular weight is 195 g/mol. The van der Waals surface area contributed by atoms with Crippen LogP contribution in [0.15, 0.2) is 0 Å². The molecule has 11 heavy (non-hydrogen) atoms. The van der Waals surface area contributed by atoms with E-state index >= 15 is 0 Å². The number of halogens is 1. The van der Waals surface area contributed by atoms with E-state index in [4.69, 9.17) is 11.6 Å². The molecular weight excluding hydrogens is 180 g/mol. The monoisotopic (exact) mass is 194 g/mol. The predicted octanol–water partition coefficient (Wildman–Crippen LogP) is 3.07. The summed E-state index contributed by atoms with van der Waals surface area (Å²) in [5.41, 5.74) is 0. The number of rotatable bonds is 7. The van der Waals surface area contributed by atoms with E-state index in [0.29, 0.717) is 5.75 Å². The largest absolute Gasteiger partial charge is 0.280 e. The minimum Gasteiger partial charge on any atom is -0.280 e. The van der Waals surface area contributed by atoms with E-state index < -0.39 is 0 Å². The quantitative estimate of drug-likeness (QED) is 0.458. The van der Waals surface area contributed by atoms with Crippen LogP contribution in [0.2, 0.25) is 0 Å². The number of unbranched alkanes of at least 4 members (excludes halogenated alkanes) is 3. The second-order valence-corrected chi connectivity index (χ2v) is 4.00. The van der Waals surface area contributed by atoms with Gasteiger partial charge in [0.2, 0.25) is 5.24 Å². The third-order valence-electron chi connectivity index (χ3n) is 1.36. The van der Waals surface area contributed by atoms with Crippen molar-refractivity contribution in [1.29, 1.82) is 0 Å². The van der Waals surface area contributed by atoms with Gasteiger partial charge < -0.3 is 0 Å². The maximum Gasteiger partial charge on any atom is 0.231 e. The van der Waals surface area contributed by atoms with Crippen LogP contribution >= 0.6 is 23.4 Å². The molecule has 0 aliphatic heterocycles. The van der Waals surface area contributed by atoms with Crippen LogP contribution < -0.4 is 0 Å². The standard InChI is InChI=1S/C8H15ClOS/c1-2-3-4-5-6-11-7-8(9)10/h2-7H2,1H3. The highest BCUT2D eigenvalue weighted by molar-refractivity contribution is 8.00. The van der Waals surface area contributed by atoms with Gasteiger partial charge in [-0.2, -0.15) is 11.8 Å². The summed E-state index contributed by atoms with van der Waals surface area (Å²) in [6.07, 6.45) is 5.05. The Balaban J connectivity index is 2.85. The molecule has 0 aromatic carbocycles. The molecule has 0 saturated carbocycles. The molecule has 0 aliphatic rings. The second-order valence-electron chi connectivity index (χ2n) is 2.47. The fourth-order valence-corrected chi connectivity index (χ4v) is 1.73. The van der Waals surface area contributed by atoms with Crippen LogP contribution in [-0.2, 0) is 4.79 Å². The normalized spacial score (nSPS) is 10.0. The first-order chi connectivity index (χ1) is 5.27. The van der Waals surface area contributed by atoms with Gasteiger partial charge in [-0.15, -0.1) is 0 Å². The van der Waals surface area contributed by atoms with E-state index in [1.54, 1.807) is 11.8 Å². The summed E-state index contributed by atoms with van der Waals surface area (Å²) < 4.78 is 0. The Hall–Kier alpha value is 0.310. The highest BCUT2D eigenvalue weighted by atomic mass is 35.5. The van der Waals surface area contributed by atoms with Gasteiger partial charge in [0, 0.05) is 0 Å². The Morgan fingerprint density at radius 2 is 2.09 bits per heavy atom. The van der Waals surface area contributed by atoms with Crippen molar-refractivity contribution in [1.82, 2.24) is 0 Å². The first-order valence-electron chi connectivity index (χ1n) is 4.03. The molecule has 0 unspecified atom stereocenters. The van der Waals surface area contributed by atoms with Crippen LogP contribution in [0.4, 0.5) is 0 Å². The van der Waals surface area contributed by atoms with Crippen LogP contribution in [0.5, 0.6) is 0 Å². The zero-order chi connectivity index (χ0) is 8.53. The number of carbonyl (C=O) groups is 1. The van der Waals surface area contributed by atoms with Crippen molar-refractivity contribution in [2.24, 2.45) is 0 Å². The maximum absolute atomic E-state index is 10.3. The van der Waals surface area contributed by atoms with Crippen molar-refractivity contribution in [2.45, 2.75) is 32.6 Å². The molecule has 66 valence electrons. The Kier molecular flexibility index (Phi) is 8.64. The number of carbonyl (C=O) groups excluding carboxylic acids is 1. The van der Waals surface area contributed by atoms with Crippen molar-refractivity contribution >= 4 is 28.6 Å². The average Bonchev–Trinajstić information content (AvgIpc) is 1.96. The second kappa shape index (κ2) is 8.41. The van der Waals surface area contributed by atoms with Gasteiger partial charge in [-0.1, -0.05) is 26.2 Å². The first kappa shape index (κ1) is 11.3. The lowest BCUT2D eigenvalue weighted by Gasteiger charge is -1.97. The van der Waals surface area contributed by atoms with Gasteiger partial charge in [-0.3, -0.25) is 4.79 Å². The Morgan fingerprint density at radius 1 is 1.36 bits per heavy atom. The zero-order valence-electron chi connectivity index (χ0n) is 6.94. The van der Waals surface area contributed by atoms with Crippen molar-refractivity contribution in [3.05, 3.63) is 0 Å². The van der Waals surface area contributed by atoms with Crippen LogP contribution in [0, 0.1) is 0 Å². The molecule has 0 aromatic rings. The van der Waals surface area contributed by atoms with E-state index in [9.17, 15) is 4.79 Å². The van der Waals surface area contributed by atoms with E-state index in [0.717, 1.165) is 5.75 Å². The van der Waals surface area contributed by atoms with E-state index in [1.807, 2.05) is 0 Å². The van der Waals surface area contributed by atoms with E-state index in [-0.39, 0.29) is 5.24 Å². The molecule has 0 saturated heterocycles. The highest BCUT2D eigenvalue weighted by Crippen LogP contribution is 2.07. The van der Waals surface area contributed by atoms with Crippen LogP contribution in [0.1, 0.15) is 32.6 Å². The van der Waals surface area contributed by atoms with Gasteiger partial charge in [0.05, 0.1) is 5.75 Å². The molecule has 3 heteroatoms. The van der Waals surface area contributed by atoms with Crippen molar-refractivity contribution in [2.75, 3.05) is 11.5 Å². The fourth-order valence-electron chi connectivity index (χ4n) is 0.783. The van der Waals surface area contributed by atoms with E-state index in [2.05, 4.69) is 6.92 Å². The molecule has 0 bridgehead atoms. The molecule has 0 rings (SSSR count). The minimum absolute atomic E-state index is 0.231. The summed E-state index contributed by atoms with van der Waals surface area (Å²) >= 11 is 6.79. The summed E-state index contributed by atoms with van der Waals surface area (Å²) in [6, 6.07) is 0. The van der Waals surface area contributed by atoms with Gasteiger partial charge in [0.1, 0.15) is 0 Å². The maximum atomic E-state index is 10.3. The summed E-state index contributed by atoms with van der Waals surface area (Å²) in [7, 11) is 0. The molecule has 0 aromatic heterocycles. The summed E-state index contributed by atoms with van der Waals surface area (Å²) in [4.78, 5) is 10.3. The molecule has 0 spiro atoms. The van der Waals surface area contributed by atoms with Gasteiger partial charge in [0.15, 0.2) is 0 Å². The molecule has 0 aliphatic carbocycles. The lowest BCUT2D eigenvalue weighted by molar-refractivity contribution is -0.109. The number of thioether (sulfide) groups is 1. The third kappa shape index (κ3) is 10.3.